The molecule has 5 heteroatoms. The van der Waals surface area contributed by atoms with E-state index < -0.39 is 8.32 Å². The normalized spacial score (nSPS) is 21.3. The van der Waals surface area contributed by atoms with Gasteiger partial charge in [-0.05, 0) is 18.1 Å². The quantitative estimate of drug-likeness (QED) is 0.575. The average Bonchev–Trinajstić information content (AvgIpc) is 2.23. The molecule has 0 amide bonds. The molecule has 1 aliphatic rings. The summed E-state index contributed by atoms with van der Waals surface area (Å²) in [6.45, 7) is 11.2. The SMILES string of the molecule is COCOC1=CC(=O)CC(O[Si](C)(C)C(C)(C)C)C1. The molecule has 19 heavy (non-hydrogen) atoms. The Morgan fingerprint density at radius 3 is 2.47 bits per heavy atom. The van der Waals surface area contributed by atoms with E-state index in [-0.39, 0.29) is 23.7 Å². The second kappa shape index (κ2) is 6.20. The summed E-state index contributed by atoms with van der Waals surface area (Å²) < 4.78 is 16.5. The third kappa shape index (κ3) is 4.74. The van der Waals surface area contributed by atoms with Crippen LogP contribution in [0.5, 0.6) is 0 Å². The Kier molecular flexibility index (Phi) is 5.35. The molecule has 0 fully saturated rings. The second-order valence-corrected chi connectivity index (χ2v) is 11.3. The predicted molar refractivity (Wildman–Crippen MR) is 77.4 cm³/mol. The maximum atomic E-state index is 11.7. The van der Waals surface area contributed by atoms with Crippen LogP contribution in [0.3, 0.4) is 0 Å². The predicted octanol–water partition coefficient (Wildman–Crippen LogP) is 3.24. The van der Waals surface area contributed by atoms with Gasteiger partial charge >= 0.3 is 0 Å². The molecule has 1 rings (SSSR count). The van der Waals surface area contributed by atoms with Crippen LogP contribution < -0.4 is 0 Å². The average molecular weight is 286 g/mol. The summed E-state index contributed by atoms with van der Waals surface area (Å²) in [5.41, 5.74) is 0. The van der Waals surface area contributed by atoms with E-state index in [9.17, 15) is 4.79 Å². The van der Waals surface area contributed by atoms with Crippen LogP contribution in [0.4, 0.5) is 0 Å². The fourth-order valence-electron chi connectivity index (χ4n) is 1.73. The highest BCUT2D eigenvalue weighted by molar-refractivity contribution is 6.74. The first-order valence-electron chi connectivity index (χ1n) is 6.68. The zero-order valence-electron chi connectivity index (χ0n) is 12.9. The van der Waals surface area contributed by atoms with Crippen LogP contribution in [0.25, 0.3) is 0 Å². The number of ether oxygens (including phenoxy) is 2. The molecule has 0 N–H and O–H groups in total. The van der Waals surface area contributed by atoms with Crippen LogP contribution in [-0.2, 0) is 18.7 Å². The maximum Gasteiger partial charge on any atom is 0.192 e. The Balaban J connectivity index is 2.67. The van der Waals surface area contributed by atoms with Gasteiger partial charge in [0.15, 0.2) is 20.9 Å². The van der Waals surface area contributed by atoms with Crippen LogP contribution in [0.15, 0.2) is 11.8 Å². The van der Waals surface area contributed by atoms with Gasteiger partial charge in [-0.2, -0.15) is 0 Å². The zero-order chi connectivity index (χ0) is 14.7. The van der Waals surface area contributed by atoms with Crippen molar-refractivity contribution in [3.05, 3.63) is 11.8 Å². The number of carbonyl (C=O) groups excluding carboxylic acids is 1. The number of rotatable bonds is 5. The van der Waals surface area contributed by atoms with E-state index in [2.05, 4.69) is 33.9 Å². The van der Waals surface area contributed by atoms with Gasteiger partial charge in [-0.15, -0.1) is 0 Å². The van der Waals surface area contributed by atoms with Crippen molar-refractivity contribution in [3.63, 3.8) is 0 Å². The van der Waals surface area contributed by atoms with Crippen molar-refractivity contribution in [1.29, 1.82) is 0 Å². The van der Waals surface area contributed by atoms with E-state index in [1.165, 1.54) is 0 Å². The summed E-state index contributed by atoms with van der Waals surface area (Å²) in [5, 5.41) is 0.144. The van der Waals surface area contributed by atoms with Gasteiger partial charge in [0.25, 0.3) is 0 Å². The van der Waals surface area contributed by atoms with Gasteiger partial charge in [0.2, 0.25) is 0 Å². The van der Waals surface area contributed by atoms with Gasteiger partial charge in [-0.25, -0.2) is 0 Å². The number of hydrogen-bond acceptors (Lipinski definition) is 4. The van der Waals surface area contributed by atoms with Crippen LogP contribution in [0.1, 0.15) is 33.6 Å². The van der Waals surface area contributed by atoms with Crippen molar-refractivity contribution >= 4 is 14.1 Å². The standard InChI is InChI=1S/C14H26O4Si/c1-14(2,3)19(5,6)18-13-8-11(15)7-12(9-13)17-10-16-4/h7,13H,8-10H2,1-6H3. The lowest BCUT2D eigenvalue weighted by molar-refractivity contribution is -0.117. The molecule has 1 atom stereocenters. The topological polar surface area (TPSA) is 44.8 Å². The fraction of sp³-hybridized carbons (Fsp3) is 0.786. The number of allylic oxidation sites excluding steroid dienone is 1. The molecule has 0 saturated carbocycles. The summed E-state index contributed by atoms with van der Waals surface area (Å²) in [6, 6.07) is 0. The summed E-state index contributed by atoms with van der Waals surface area (Å²) >= 11 is 0. The van der Waals surface area contributed by atoms with Crippen molar-refractivity contribution in [1.82, 2.24) is 0 Å². The Labute approximate surface area is 117 Å². The summed E-state index contributed by atoms with van der Waals surface area (Å²) in [4.78, 5) is 11.7. The highest BCUT2D eigenvalue weighted by Gasteiger charge is 2.40. The monoisotopic (exact) mass is 286 g/mol. The minimum Gasteiger partial charge on any atom is -0.472 e. The lowest BCUT2D eigenvalue weighted by Crippen LogP contribution is -2.45. The van der Waals surface area contributed by atoms with E-state index in [0.717, 1.165) is 0 Å². The lowest BCUT2D eigenvalue weighted by atomic mass is 10.0. The molecular weight excluding hydrogens is 260 g/mol. The van der Waals surface area contributed by atoms with Gasteiger partial charge in [0.05, 0.1) is 6.10 Å². The molecule has 0 aromatic carbocycles. The van der Waals surface area contributed by atoms with E-state index in [1.54, 1.807) is 13.2 Å². The highest BCUT2D eigenvalue weighted by atomic mass is 28.4. The first kappa shape index (κ1) is 16.4. The largest absolute Gasteiger partial charge is 0.472 e. The molecule has 0 bridgehead atoms. The summed E-state index contributed by atoms with van der Waals surface area (Å²) in [6.07, 6.45) is 2.60. The van der Waals surface area contributed by atoms with Crippen molar-refractivity contribution in [2.75, 3.05) is 13.9 Å². The smallest absolute Gasteiger partial charge is 0.192 e. The zero-order valence-corrected chi connectivity index (χ0v) is 13.9. The molecule has 0 spiro atoms. The minimum atomic E-state index is -1.85. The summed E-state index contributed by atoms with van der Waals surface area (Å²) in [7, 11) is -0.285. The van der Waals surface area contributed by atoms with Gasteiger partial charge in [-0.3, -0.25) is 4.79 Å². The molecular formula is C14H26O4Si. The van der Waals surface area contributed by atoms with Crippen molar-refractivity contribution in [2.45, 2.75) is 57.8 Å². The highest BCUT2D eigenvalue weighted by Crippen LogP contribution is 2.38. The molecule has 1 aliphatic carbocycles. The van der Waals surface area contributed by atoms with Crippen LogP contribution in [-0.4, -0.2) is 34.1 Å². The fourth-order valence-corrected chi connectivity index (χ4v) is 3.08. The molecule has 0 aliphatic heterocycles. The van der Waals surface area contributed by atoms with Crippen molar-refractivity contribution in [3.8, 4) is 0 Å². The van der Waals surface area contributed by atoms with Crippen molar-refractivity contribution < 1.29 is 18.7 Å². The molecule has 0 heterocycles. The van der Waals surface area contributed by atoms with Crippen LogP contribution in [0.2, 0.25) is 18.1 Å². The second-order valence-electron chi connectivity index (χ2n) is 6.54. The van der Waals surface area contributed by atoms with E-state index in [0.29, 0.717) is 18.6 Å². The van der Waals surface area contributed by atoms with E-state index >= 15 is 0 Å². The first-order valence-corrected chi connectivity index (χ1v) is 9.59. The lowest BCUT2D eigenvalue weighted by Gasteiger charge is -2.39. The van der Waals surface area contributed by atoms with E-state index in [4.69, 9.17) is 13.9 Å². The number of methoxy groups -OCH3 is 1. The molecule has 110 valence electrons. The minimum absolute atomic E-state index is 0.0646. The van der Waals surface area contributed by atoms with Crippen LogP contribution >= 0.6 is 0 Å². The Hall–Kier alpha value is -0.653. The first-order chi connectivity index (χ1) is 8.65. The van der Waals surface area contributed by atoms with Gasteiger partial charge in [-0.1, -0.05) is 20.8 Å². The molecule has 1 unspecified atom stereocenters. The third-order valence-electron chi connectivity index (χ3n) is 3.81. The number of ketones is 1. The number of hydrogen-bond donors (Lipinski definition) is 0. The Morgan fingerprint density at radius 2 is 1.95 bits per heavy atom. The molecule has 0 saturated heterocycles. The van der Waals surface area contributed by atoms with Gasteiger partial charge < -0.3 is 13.9 Å². The molecule has 0 radical (unpaired) electrons. The molecule has 0 aromatic rings. The summed E-state index contributed by atoms with van der Waals surface area (Å²) in [5.74, 6) is 0.739. The molecule has 4 nitrogen and oxygen atoms in total. The van der Waals surface area contributed by atoms with E-state index in [1.807, 2.05) is 0 Å². The van der Waals surface area contributed by atoms with Gasteiger partial charge in [0.1, 0.15) is 5.76 Å². The maximum absolute atomic E-state index is 11.7. The Morgan fingerprint density at radius 1 is 1.32 bits per heavy atom. The number of carbonyl (C=O) groups is 1. The van der Waals surface area contributed by atoms with Crippen molar-refractivity contribution in [2.24, 2.45) is 0 Å². The third-order valence-corrected chi connectivity index (χ3v) is 8.34. The Bertz CT molecular complexity index is 355. The van der Waals surface area contributed by atoms with Crippen LogP contribution in [0, 0.1) is 0 Å². The van der Waals surface area contributed by atoms with Gasteiger partial charge in [0, 0.05) is 26.0 Å². The molecule has 0 aromatic heterocycles.